The van der Waals surface area contributed by atoms with Gasteiger partial charge in [0, 0.05) is 24.2 Å². The fourth-order valence-electron chi connectivity index (χ4n) is 4.86. The molecule has 2 aliphatic rings. The molecule has 0 bridgehead atoms. The Balaban J connectivity index is 2.01. The lowest BCUT2D eigenvalue weighted by atomic mass is 9.89. The Bertz CT molecular complexity index is 712. The first-order chi connectivity index (χ1) is 12.8. The average molecular weight is 388 g/mol. The number of nitrogens with one attached hydrogen (secondary N) is 1. The van der Waals surface area contributed by atoms with Crippen LogP contribution in [0.15, 0.2) is 24.3 Å². The van der Waals surface area contributed by atoms with Gasteiger partial charge in [0.05, 0.1) is 6.07 Å². The van der Waals surface area contributed by atoms with Crippen molar-refractivity contribution < 1.29 is 4.57 Å². The molecule has 1 saturated heterocycles. The number of rotatable bonds is 5. The van der Waals surface area contributed by atoms with Crippen molar-refractivity contribution in [1.29, 1.82) is 5.26 Å². The van der Waals surface area contributed by atoms with E-state index in [1.165, 1.54) is 12.8 Å². The Hall–Kier alpha value is -1.18. The lowest BCUT2D eigenvalue weighted by Gasteiger charge is -2.37. The van der Waals surface area contributed by atoms with E-state index in [-0.39, 0.29) is 12.1 Å². The summed E-state index contributed by atoms with van der Waals surface area (Å²) in [5, 5.41) is 13.2. The van der Waals surface area contributed by atoms with Crippen LogP contribution >= 0.6 is 7.59 Å². The topological polar surface area (TPSA) is 59.4 Å². The molecule has 0 amide bonds. The molecule has 0 unspecified atom stereocenters. The van der Waals surface area contributed by atoms with Crippen molar-refractivity contribution in [2.75, 3.05) is 0 Å². The summed E-state index contributed by atoms with van der Waals surface area (Å²) in [6.45, 7) is 10.5. The number of benzene rings is 1. The standard InChI is InChI=1S/C21H33N4OP/c1-15(2)24-20-8-6-7-9-21(20)25(16(3)4)27(24,26)23-19(14-22)18-12-10-17(5)11-13-18/h10-13,15-16,19-21H,6-9H2,1-5H3,(H,23,26)/t19-,20-,21-/m1/s1. The van der Waals surface area contributed by atoms with Crippen LogP contribution in [0.4, 0.5) is 0 Å². The first kappa shape index (κ1) is 20.6. The van der Waals surface area contributed by atoms with E-state index < -0.39 is 13.6 Å². The van der Waals surface area contributed by atoms with Gasteiger partial charge < -0.3 is 0 Å². The highest BCUT2D eigenvalue weighted by Gasteiger charge is 2.57. The van der Waals surface area contributed by atoms with Crippen LogP contribution in [0.5, 0.6) is 0 Å². The maximum Gasteiger partial charge on any atom is 0.286 e. The van der Waals surface area contributed by atoms with Gasteiger partial charge in [0.1, 0.15) is 6.04 Å². The predicted octanol–water partition coefficient (Wildman–Crippen LogP) is 5.00. The molecule has 148 valence electrons. The highest BCUT2D eigenvalue weighted by atomic mass is 31.2. The second-order valence-electron chi connectivity index (χ2n) is 8.51. The molecule has 0 aromatic heterocycles. The van der Waals surface area contributed by atoms with Gasteiger partial charge in [-0.1, -0.05) is 42.7 Å². The third-order valence-electron chi connectivity index (χ3n) is 5.89. The Morgan fingerprint density at radius 2 is 1.52 bits per heavy atom. The summed E-state index contributed by atoms with van der Waals surface area (Å²) in [7, 11) is -3.06. The normalized spacial score (nSPS) is 26.9. The molecule has 5 nitrogen and oxygen atoms in total. The minimum absolute atomic E-state index is 0.162. The maximum absolute atomic E-state index is 14.5. The zero-order chi connectivity index (χ0) is 19.8. The molecular formula is C21H33N4OP. The van der Waals surface area contributed by atoms with Crippen LogP contribution in [-0.2, 0) is 4.57 Å². The van der Waals surface area contributed by atoms with E-state index in [2.05, 4.69) is 48.2 Å². The third kappa shape index (κ3) is 3.74. The second-order valence-corrected chi connectivity index (χ2v) is 10.8. The summed E-state index contributed by atoms with van der Waals surface area (Å²) >= 11 is 0. The molecule has 1 saturated carbocycles. The molecule has 0 radical (unpaired) electrons. The molecule has 1 heterocycles. The smallest absolute Gasteiger partial charge is 0.270 e. The van der Waals surface area contributed by atoms with E-state index in [0.29, 0.717) is 12.1 Å². The number of hydrogen-bond donors (Lipinski definition) is 1. The van der Waals surface area contributed by atoms with E-state index in [1.54, 1.807) is 0 Å². The van der Waals surface area contributed by atoms with Gasteiger partial charge in [-0.3, -0.25) is 4.57 Å². The van der Waals surface area contributed by atoms with E-state index in [4.69, 9.17) is 0 Å². The molecule has 1 N–H and O–H groups in total. The van der Waals surface area contributed by atoms with Crippen LogP contribution in [0.2, 0.25) is 0 Å². The Morgan fingerprint density at radius 1 is 1.04 bits per heavy atom. The van der Waals surface area contributed by atoms with Crippen molar-refractivity contribution in [2.24, 2.45) is 0 Å². The van der Waals surface area contributed by atoms with Gasteiger partial charge in [-0.15, -0.1) is 0 Å². The zero-order valence-electron chi connectivity index (χ0n) is 17.2. The Kier molecular flexibility index (Phi) is 6.13. The zero-order valence-corrected chi connectivity index (χ0v) is 18.1. The van der Waals surface area contributed by atoms with Gasteiger partial charge in [-0.05, 0) is 53.0 Å². The third-order valence-corrected chi connectivity index (χ3v) is 9.26. The van der Waals surface area contributed by atoms with E-state index in [1.807, 2.05) is 31.2 Å². The molecule has 1 aliphatic heterocycles. The fourth-order valence-corrected chi connectivity index (χ4v) is 8.50. The fraction of sp³-hybridized carbons (Fsp3) is 0.667. The second kappa shape index (κ2) is 8.05. The van der Waals surface area contributed by atoms with Crippen molar-refractivity contribution in [3.05, 3.63) is 35.4 Å². The number of nitriles is 1. The quantitative estimate of drug-likeness (QED) is 0.719. The van der Waals surface area contributed by atoms with Crippen molar-refractivity contribution in [3.8, 4) is 6.07 Å². The van der Waals surface area contributed by atoms with Gasteiger partial charge in [-0.2, -0.15) is 5.26 Å². The van der Waals surface area contributed by atoms with Gasteiger partial charge in [-0.25, -0.2) is 14.4 Å². The SMILES string of the molecule is Cc1ccc([C@@H](C#N)NP2(=O)N(C(C)C)[C@@H]3CCCC[C@H]3N2C(C)C)cc1. The summed E-state index contributed by atoms with van der Waals surface area (Å²) < 4.78 is 18.9. The van der Waals surface area contributed by atoms with Crippen LogP contribution in [0.3, 0.4) is 0 Å². The van der Waals surface area contributed by atoms with Gasteiger partial charge in [0.25, 0.3) is 7.59 Å². The minimum atomic E-state index is -3.06. The highest BCUT2D eigenvalue weighted by Crippen LogP contribution is 2.63. The average Bonchev–Trinajstić information content (AvgIpc) is 2.88. The van der Waals surface area contributed by atoms with Crippen molar-refractivity contribution in [3.63, 3.8) is 0 Å². The van der Waals surface area contributed by atoms with E-state index >= 15 is 0 Å². The first-order valence-electron chi connectivity index (χ1n) is 10.2. The largest absolute Gasteiger partial charge is 0.286 e. The summed E-state index contributed by atoms with van der Waals surface area (Å²) in [6, 6.07) is 10.6. The highest BCUT2D eigenvalue weighted by molar-refractivity contribution is 7.57. The molecule has 0 spiro atoms. The van der Waals surface area contributed by atoms with Crippen LogP contribution in [0.1, 0.15) is 70.5 Å². The minimum Gasteiger partial charge on any atom is -0.270 e. The predicted molar refractivity (Wildman–Crippen MR) is 110 cm³/mol. The van der Waals surface area contributed by atoms with Crippen molar-refractivity contribution in [2.45, 2.75) is 90.5 Å². The maximum atomic E-state index is 14.5. The lowest BCUT2D eigenvalue weighted by molar-refractivity contribution is 0.173. The van der Waals surface area contributed by atoms with Crippen LogP contribution < -0.4 is 5.09 Å². The molecule has 3 rings (SSSR count). The van der Waals surface area contributed by atoms with Crippen LogP contribution in [-0.4, -0.2) is 33.5 Å². The van der Waals surface area contributed by atoms with Crippen molar-refractivity contribution >= 4 is 7.59 Å². The number of fused-ring (bicyclic) bond motifs is 1. The van der Waals surface area contributed by atoms with Crippen LogP contribution in [0, 0.1) is 18.3 Å². The summed E-state index contributed by atoms with van der Waals surface area (Å²) in [4.78, 5) is 0. The van der Waals surface area contributed by atoms with Gasteiger partial charge in [0.2, 0.25) is 0 Å². The molecule has 1 aromatic carbocycles. The molecule has 6 heteroatoms. The number of nitrogens with zero attached hydrogens (tertiary/aromatic N) is 3. The molecule has 3 atom stereocenters. The van der Waals surface area contributed by atoms with Crippen molar-refractivity contribution in [1.82, 2.24) is 14.4 Å². The molecule has 2 fully saturated rings. The number of hydrogen-bond acceptors (Lipinski definition) is 2. The molecule has 27 heavy (non-hydrogen) atoms. The molecule has 1 aliphatic carbocycles. The molecule has 1 aromatic rings. The monoisotopic (exact) mass is 388 g/mol. The summed E-state index contributed by atoms with van der Waals surface area (Å²) in [5.74, 6) is 0. The van der Waals surface area contributed by atoms with Gasteiger partial charge >= 0.3 is 0 Å². The number of aryl methyl sites for hydroxylation is 1. The Morgan fingerprint density at radius 3 is 1.93 bits per heavy atom. The van der Waals surface area contributed by atoms with E-state index in [9.17, 15) is 9.83 Å². The molecular weight excluding hydrogens is 355 g/mol. The summed E-state index contributed by atoms with van der Waals surface area (Å²) in [6.07, 6.45) is 4.55. The Labute approximate surface area is 164 Å². The lowest BCUT2D eigenvalue weighted by Crippen LogP contribution is -2.43. The van der Waals surface area contributed by atoms with E-state index in [0.717, 1.165) is 24.0 Å². The van der Waals surface area contributed by atoms with Crippen LogP contribution in [0.25, 0.3) is 0 Å². The first-order valence-corrected chi connectivity index (χ1v) is 11.8. The summed E-state index contributed by atoms with van der Waals surface area (Å²) in [5.41, 5.74) is 2.03. The van der Waals surface area contributed by atoms with Gasteiger partial charge in [0.15, 0.2) is 0 Å².